The number of imidazole rings is 1. The highest BCUT2D eigenvalue weighted by molar-refractivity contribution is 14.1. The zero-order chi connectivity index (χ0) is 16.4. The number of aromatic nitrogens is 2. The van der Waals surface area contributed by atoms with Gasteiger partial charge in [-0.1, -0.05) is 0 Å². The summed E-state index contributed by atoms with van der Waals surface area (Å²) in [5.74, 6) is -0.869. The third-order valence-electron chi connectivity index (χ3n) is 3.23. The predicted molar refractivity (Wildman–Crippen MR) is 93.5 cm³/mol. The van der Waals surface area contributed by atoms with Gasteiger partial charge in [-0.3, -0.25) is 0 Å². The summed E-state index contributed by atoms with van der Waals surface area (Å²) in [6, 6.07) is 6.51. The molecule has 3 aromatic rings. The molecule has 2 aromatic heterocycles. The molecule has 0 fully saturated rings. The number of carbonyl (C=O) groups is 1. The predicted octanol–water partition coefficient (Wildman–Crippen LogP) is 4.00. The van der Waals surface area contributed by atoms with E-state index >= 15 is 0 Å². The van der Waals surface area contributed by atoms with Gasteiger partial charge in [0.15, 0.2) is 0 Å². The van der Waals surface area contributed by atoms with Crippen molar-refractivity contribution in [1.82, 2.24) is 9.38 Å². The lowest BCUT2D eigenvalue weighted by atomic mass is 10.2. The minimum absolute atomic E-state index is 0.262. The van der Waals surface area contributed by atoms with Crippen LogP contribution in [0.1, 0.15) is 17.3 Å². The van der Waals surface area contributed by atoms with Crippen LogP contribution in [0, 0.1) is 9.39 Å². The second-order valence-corrected chi connectivity index (χ2v) is 6.01. The number of anilines is 2. The van der Waals surface area contributed by atoms with Gasteiger partial charge in [0.05, 0.1) is 23.5 Å². The molecule has 0 spiro atoms. The number of carbonyl (C=O) groups excluding carboxylic acids is 1. The molecule has 118 valence electrons. The first-order valence-corrected chi connectivity index (χ1v) is 8.02. The second kappa shape index (κ2) is 6.53. The fourth-order valence-electron chi connectivity index (χ4n) is 2.17. The molecule has 0 atom stereocenters. The van der Waals surface area contributed by atoms with Crippen molar-refractivity contribution in [2.75, 3.05) is 11.9 Å². The van der Waals surface area contributed by atoms with Crippen molar-refractivity contribution in [3.63, 3.8) is 0 Å². The lowest BCUT2D eigenvalue weighted by molar-refractivity contribution is 0.0527. The lowest BCUT2D eigenvalue weighted by Gasteiger charge is -2.13. The van der Waals surface area contributed by atoms with Crippen LogP contribution in [0.2, 0.25) is 0 Å². The first-order valence-electron chi connectivity index (χ1n) is 6.94. The maximum Gasteiger partial charge on any atom is 0.341 e. The van der Waals surface area contributed by atoms with Gasteiger partial charge in [-0.05, 0) is 47.7 Å². The standard InChI is InChI=1S/C16H13FIN3O2/c1-2-23-16(22)11-9-21-6-5-19-15(21)8-14(11)20-13-4-3-10(18)7-12(13)17/h3-9,20H,2H2,1H3. The van der Waals surface area contributed by atoms with Crippen LogP contribution in [0.15, 0.2) is 42.9 Å². The molecule has 0 unspecified atom stereocenters. The number of esters is 1. The van der Waals surface area contributed by atoms with Crippen LogP contribution in [0.3, 0.4) is 0 Å². The largest absolute Gasteiger partial charge is 0.462 e. The number of hydrogen-bond donors (Lipinski definition) is 1. The normalized spacial score (nSPS) is 10.7. The number of ether oxygens (including phenoxy) is 1. The molecule has 0 saturated carbocycles. The summed E-state index contributed by atoms with van der Waals surface area (Å²) >= 11 is 2.04. The fraction of sp³-hybridized carbons (Fsp3) is 0.125. The molecule has 0 saturated heterocycles. The molecule has 3 rings (SSSR count). The average molecular weight is 425 g/mol. The second-order valence-electron chi connectivity index (χ2n) is 4.76. The van der Waals surface area contributed by atoms with E-state index < -0.39 is 11.8 Å². The molecule has 0 bridgehead atoms. The Morgan fingerprint density at radius 1 is 1.39 bits per heavy atom. The van der Waals surface area contributed by atoms with Crippen LogP contribution in [-0.2, 0) is 4.74 Å². The summed E-state index contributed by atoms with van der Waals surface area (Å²) in [6.45, 7) is 2.00. The van der Waals surface area contributed by atoms with Crippen molar-refractivity contribution in [1.29, 1.82) is 0 Å². The Bertz CT molecular complexity index is 879. The van der Waals surface area contributed by atoms with Crippen molar-refractivity contribution < 1.29 is 13.9 Å². The highest BCUT2D eigenvalue weighted by atomic mass is 127. The molecule has 0 radical (unpaired) electrons. The maximum absolute atomic E-state index is 14.1. The summed E-state index contributed by atoms with van der Waals surface area (Å²) in [6.07, 6.45) is 4.97. The quantitative estimate of drug-likeness (QED) is 0.508. The first-order chi connectivity index (χ1) is 11.1. The molecular formula is C16H13FIN3O2. The highest BCUT2D eigenvalue weighted by Gasteiger charge is 2.16. The molecule has 7 heteroatoms. The van der Waals surface area contributed by atoms with Gasteiger partial charge in [0.25, 0.3) is 0 Å². The Morgan fingerprint density at radius 3 is 2.96 bits per heavy atom. The van der Waals surface area contributed by atoms with Crippen molar-refractivity contribution >= 4 is 45.6 Å². The van der Waals surface area contributed by atoms with E-state index in [2.05, 4.69) is 10.3 Å². The van der Waals surface area contributed by atoms with Gasteiger partial charge in [-0.15, -0.1) is 0 Å². The minimum atomic E-state index is -0.475. The SMILES string of the molecule is CCOC(=O)c1cn2ccnc2cc1Nc1ccc(I)cc1F. The van der Waals surface area contributed by atoms with E-state index in [0.29, 0.717) is 16.9 Å². The first kappa shape index (κ1) is 15.7. The Labute approximate surface area is 145 Å². The molecule has 0 aliphatic carbocycles. The molecule has 0 amide bonds. The van der Waals surface area contributed by atoms with Crippen LogP contribution in [0.4, 0.5) is 15.8 Å². The fourth-order valence-corrected chi connectivity index (χ4v) is 2.63. The Kier molecular flexibility index (Phi) is 4.46. The van der Waals surface area contributed by atoms with E-state index in [0.717, 1.165) is 3.57 Å². The third-order valence-corrected chi connectivity index (χ3v) is 3.90. The minimum Gasteiger partial charge on any atom is -0.462 e. The molecule has 2 heterocycles. The van der Waals surface area contributed by atoms with E-state index in [1.165, 1.54) is 6.07 Å². The van der Waals surface area contributed by atoms with Gasteiger partial charge in [0.1, 0.15) is 11.5 Å². The van der Waals surface area contributed by atoms with Gasteiger partial charge < -0.3 is 14.5 Å². The molecule has 0 aliphatic rings. The van der Waals surface area contributed by atoms with Crippen molar-refractivity contribution in [3.05, 3.63) is 57.8 Å². The molecule has 1 aromatic carbocycles. The average Bonchev–Trinajstić information content (AvgIpc) is 2.96. The zero-order valence-electron chi connectivity index (χ0n) is 12.2. The number of nitrogens with zero attached hydrogens (tertiary/aromatic N) is 2. The van der Waals surface area contributed by atoms with Crippen LogP contribution in [0.5, 0.6) is 0 Å². The van der Waals surface area contributed by atoms with E-state index in [-0.39, 0.29) is 12.3 Å². The van der Waals surface area contributed by atoms with Gasteiger partial charge in [0, 0.05) is 28.2 Å². The molecule has 0 aliphatic heterocycles. The molecule has 5 nitrogen and oxygen atoms in total. The number of benzene rings is 1. The van der Waals surface area contributed by atoms with Gasteiger partial charge >= 0.3 is 5.97 Å². The number of fused-ring (bicyclic) bond motifs is 1. The van der Waals surface area contributed by atoms with Crippen LogP contribution in [0.25, 0.3) is 5.65 Å². The summed E-state index contributed by atoms with van der Waals surface area (Å²) in [4.78, 5) is 16.3. The van der Waals surface area contributed by atoms with Gasteiger partial charge in [-0.2, -0.15) is 0 Å². The van der Waals surface area contributed by atoms with Crippen molar-refractivity contribution in [2.24, 2.45) is 0 Å². The van der Waals surface area contributed by atoms with E-state index in [1.54, 1.807) is 48.1 Å². The number of hydrogen-bond acceptors (Lipinski definition) is 4. The summed E-state index contributed by atoms with van der Waals surface area (Å²) in [7, 11) is 0. The van der Waals surface area contributed by atoms with Crippen molar-refractivity contribution in [3.8, 4) is 0 Å². The van der Waals surface area contributed by atoms with Gasteiger partial charge in [0.2, 0.25) is 0 Å². The van der Waals surface area contributed by atoms with Crippen LogP contribution >= 0.6 is 22.6 Å². The topological polar surface area (TPSA) is 55.6 Å². The molecular weight excluding hydrogens is 412 g/mol. The Hall–Kier alpha value is -2.16. The number of pyridine rings is 1. The van der Waals surface area contributed by atoms with E-state index in [4.69, 9.17) is 4.74 Å². The number of halogens is 2. The van der Waals surface area contributed by atoms with E-state index in [9.17, 15) is 9.18 Å². The van der Waals surface area contributed by atoms with Crippen molar-refractivity contribution in [2.45, 2.75) is 6.92 Å². The Morgan fingerprint density at radius 2 is 2.22 bits per heavy atom. The van der Waals surface area contributed by atoms with Gasteiger partial charge in [-0.25, -0.2) is 14.2 Å². The Balaban J connectivity index is 2.06. The lowest BCUT2D eigenvalue weighted by Crippen LogP contribution is -2.10. The molecule has 1 N–H and O–H groups in total. The van der Waals surface area contributed by atoms with Crippen LogP contribution in [-0.4, -0.2) is 22.0 Å². The summed E-state index contributed by atoms with van der Waals surface area (Å²) < 4.78 is 21.6. The van der Waals surface area contributed by atoms with Crippen LogP contribution < -0.4 is 5.32 Å². The third kappa shape index (κ3) is 3.29. The maximum atomic E-state index is 14.1. The zero-order valence-corrected chi connectivity index (χ0v) is 14.4. The number of rotatable bonds is 4. The summed E-state index contributed by atoms with van der Waals surface area (Å²) in [5.41, 5.74) is 1.69. The number of nitrogens with one attached hydrogen (secondary N) is 1. The molecule has 23 heavy (non-hydrogen) atoms. The monoisotopic (exact) mass is 425 g/mol. The van der Waals surface area contributed by atoms with E-state index in [1.807, 2.05) is 22.6 Å². The summed E-state index contributed by atoms with van der Waals surface area (Å²) in [5, 5.41) is 2.96. The highest BCUT2D eigenvalue weighted by Crippen LogP contribution is 2.26. The smallest absolute Gasteiger partial charge is 0.341 e.